The fourth-order valence-corrected chi connectivity index (χ4v) is 3.88. The highest BCUT2D eigenvalue weighted by Gasteiger charge is 2.19. The minimum Gasteiger partial charge on any atom is -0.486 e. The molecule has 0 aliphatic carbocycles. The summed E-state index contributed by atoms with van der Waals surface area (Å²) in [6.45, 7) is 1.10. The average molecular weight is 436 g/mol. The lowest BCUT2D eigenvalue weighted by Crippen LogP contribution is -2.19. The van der Waals surface area contributed by atoms with Crippen LogP contribution in [-0.2, 0) is 16.1 Å². The quantitative estimate of drug-likeness (QED) is 0.742. The molecule has 134 valence electrons. The molecule has 0 unspecified atom stereocenters. The van der Waals surface area contributed by atoms with Crippen molar-refractivity contribution >= 4 is 45.3 Å². The molecule has 1 amide bonds. The summed E-state index contributed by atoms with van der Waals surface area (Å²) in [6, 6.07) is 8.76. The summed E-state index contributed by atoms with van der Waals surface area (Å²) in [6.07, 6.45) is 0. The Balaban J connectivity index is 1.47. The average Bonchev–Trinajstić information content (AvgIpc) is 2.65. The largest absolute Gasteiger partial charge is 0.486 e. The second kappa shape index (κ2) is 7.20. The summed E-state index contributed by atoms with van der Waals surface area (Å²) in [7, 11) is 0. The minimum absolute atomic E-state index is 0.0757. The fourth-order valence-electron chi connectivity index (χ4n) is 2.65. The van der Waals surface area contributed by atoms with Crippen LogP contribution in [0.4, 0.5) is 5.69 Å². The molecule has 2 aromatic carbocycles. The molecule has 0 bridgehead atoms. The maximum absolute atomic E-state index is 12.4. The van der Waals surface area contributed by atoms with Gasteiger partial charge in [0.25, 0.3) is 0 Å². The molecular weight excluding hydrogens is 422 g/mol. The highest BCUT2D eigenvalue weighted by molar-refractivity contribution is 9.10. The number of carbonyl (C=O) groups excluding carboxylic acids is 2. The molecule has 2 aliphatic heterocycles. The van der Waals surface area contributed by atoms with Gasteiger partial charge in [0.2, 0.25) is 5.91 Å². The van der Waals surface area contributed by atoms with E-state index in [1.807, 2.05) is 12.1 Å². The summed E-state index contributed by atoms with van der Waals surface area (Å²) in [5.74, 6) is 1.15. The SMILES string of the molecule is O=C1CSc2ccc(C(=O)OCc3cc4c(cc3Br)OCCO4)cc2N1. The van der Waals surface area contributed by atoms with Crippen LogP contribution in [0.3, 0.4) is 0 Å². The monoisotopic (exact) mass is 435 g/mol. The fraction of sp³-hybridized carbons (Fsp3) is 0.222. The number of benzene rings is 2. The van der Waals surface area contributed by atoms with Crippen molar-refractivity contribution in [3.8, 4) is 11.5 Å². The smallest absolute Gasteiger partial charge is 0.338 e. The predicted molar refractivity (Wildman–Crippen MR) is 100 cm³/mol. The summed E-state index contributed by atoms with van der Waals surface area (Å²) in [5, 5.41) is 2.77. The van der Waals surface area contributed by atoms with Crippen molar-refractivity contribution < 1.29 is 23.8 Å². The highest BCUT2D eigenvalue weighted by atomic mass is 79.9. The van der Waals surface area contributed by atoms with E-state index in [2.05, 4.69) is 21.2 Å². The van der Waals surface area contributed by atoms with Gasteiger partial charge in [0.1, 0.15) is 19.8 Å². The van der Waals surface area contributed by atoms with Crippen molar-refractivity contribution in [3.05, 3.63) is 45.9 Å². The Labute approximate surface area is 162 Å². The number of hydrogen-bond acceptors (Lipinski definition) is 6. The van der Waals surface area contributed by atoms with Crippen LogP contribution in [0.5, 0.6) is 11.5 Å². The number of thioether (sulfide) groups is 1. The Kier molecular flexibility index (Phi) is 4.78. The molecule has 0 saturated heterocycles. The molecular formula is C18H14BrNO5S. The zero-order valence-electron chi connectivity index (χ0n) is 13.5. The molecule has 4 rings (SSSR count). The number of anilines is 1. The van der Waals surface area contributed by atoms with E-state index in [-0.39, 0.29) is 12.5 Å². The van der Waals surface area contributed by atoms with Gasteiger partial charge in [-0.15, -0.1) is 11.8 Å². The Hall–Kier alpha value is -2.19. The molecule has 8 heteroatoms. The van der Waals surface area contributed by atoms with Crippen LogP contribution in [0.25, 0.3) is 0 Å². The van der Waals surface area contributed by atoms with Gasteiger partial charge in [-0.05, 0) is 30.3 Å². The van der Waals surface area contributed by atoms with E-state index in [1.165, 1.54) is 11.8 Å². The van der Waals surface area contributed by atoms with Gasteiger partial charge in [0.15, 0.2) is 11.5 Å². The van der Waals surface area contributed by atoms with Gasteiger partial charge >= 0.3 is 5.97 Å². The normalized spacial score (nSPS) is 15.0. The van der Waals surface area contributed by atoms with Gasteiger partial charge < -0.3 is 19.5 Å². The van der Waals surface area contributed by atoms with E-state index < -0.39 is 5.97 Å². The molecule has 0 atom stereocenters. The molecule has 0 saturated carbocycles. The lowest BCUT2D eigenvalue weighted by Gasteiger charge is -2.20. The number of rotatable bonds is 3. The van der Waals surface area contributed by atoms with Crippen molar-refractivity contribution in [1.29, 1.82) is 0 Å². The molecule has 2 aliphatic rings. The second-order valence-corrected chi connectivity index (χ2v) is 7.58. The van der Waals surface area contributed by atoms with Crippen molar-refractivity contribution in [2.24, 2.45) is 0 Å². The first-order chi connectivity index (χ1) is 12.6. The first-order valence-corrected chi connectivity index (χ1v) is 9.70. The summed E-state index contributed by atoms with van der Waals surface area (Å²) in [5.41, 5.74) is 1.81. The minimum atomic E-state index is -0.459. The number of nitrogens with one attached hydrogen (secondary N) is 1. The lowest BCUT2D eigenvalue weighted by atomic mass is 10.2. The third kappa shape index (κ3) is 3.52. The second-order valence-electron chi connectivity index (χ2n) is 5.71. The number of halogens is 1. The van der Waals surface area contributed by atoms with E-state index in [0.29, 0.717) is 41.7 Å². The van der Waals surface area contributed by atoms with E-state index in [9.17, 15) is 9.59 Å². The van der Waals surface area contributed by atoms with Crippen molar-refractivity contribution in [3.63, 3.8) is 0 Å². The van der Waals surface area contributed by atoms with Crippen LogP contribution in [0.1, 0.15) is 15.9 Å². The van der Waals surface area contributed by atoms with Gasteiger partial charge in [-0.25, -0.2) is 4.79 Å². The van der Waals surface area contributed by atoms with Crippen LogP contribution in [-0.4, -0.2) is 30.8 Å². The first-order valence-electron chi connectivity index (χ1n) is 7.92. The summed E-state index contributed by atoms with van der Waals surface area (Å²) in [4.78, 5) is 24.8. The summed E-state index contributed by atoms with van der Waals surface area (Å²) < 4.78 is 17.3. The molecule has 26 heavy (non-hydrogen) atoms. The van der Waals surface area contributed by atoms with Gasteiger partial charge in [0.05, 0.1) is 17.0 Å². The van der Waals surface area contributed by atoms with Crippen molar-refractivity contribution in [1.82, 2.24) is 0 Å². The molecule has 0 radical (unpaired) electrons. The van der Waals surface area contributed by atoms with Gasteiger partial charge in [0, 0.05) is 14.9 Å². The van der Waals surface area contributed by atoms with E-state index >= 15 is 0 Å². The number of fused-ring (bicyclic) bond motifs is 2. The molecule has 6 nitrogen and oxygen atoms in total. The molecule has 0 spiro atoms. The van der Waals surface area contributed by atoms with Crippen LogP contribution in [0.2, 0.25) is 0 Å². The number of hydrogen-bond donors (Lipinski definition) is 1. The number of ether oxygens (including phenoxy) is 3. The van der Waals surface area contributed by atoms with Crippen LogP contribution in [0, 0.1) is 0 Å². The maximum Gasteiger partial charge on any atom is 0.338 e. The molecule has 0 fully saturated rings. The first kappa shape index (κ1) is 17.2. The topological polar surface area (TPSA) is 73.9 Å². The predicted octanol–water partition coefficient (Wildman–Crippen LogP) is 3.62. The maximum atomic E-state index is 12.4. The third-order valence-corrected chi connectivity index (χ3v) is 5.73. The number of amides is 1. The molecule has 2 aromatic rings. The van der Waals surface area contributed by atoms with Crippen molar-refractivity contribution in [2.75, 3.05) is 24.3 Å². The molecule has 2 heterocycles. The van der Waals surface area contributed by atoms with E-state index in [4.69, 9.17) is 14.2 Å². The zero-order chi connectivity index (χ0) is 18.1. The highest BCUT2D eigenvalue weighted by Crippen LogP contribution is 2.36. The summed E-state index contributed by atoms with van der Waals surface area (Å²) >= 11 is 4.91. The third-order valence-electron chi connectivity index (χ3n) is 3.92. The Morgan fingerprint density at radius 1 is 1.19 bits per heavy atom. The van der Waals surface area contributed by atoms with Crippen LogP contribution >= 0.6 is 27.7 Å². The van der Waals surface area contributed by atoms with Crippen LogP contribution in [0.15, 0.2) is 39.7 Å². The number of carbonyl (C=O) groups is 2. The van der Waals surface area contributed by atoms with Gasteiger partial charge in [-0.2, -0.15) is 0 Å². The van der Waals surface area contributed by atoms with Crippen LogP contribution < -0.4 is 14.8 Å². The Morgan fingerprint density at radius 2 is 1.96 bits per heavy atom. The van der Waals surface area contributed by atoms with E-state index in [0.717, 1.165) is 14.9 Å². The van der Waals surface area contributed by atoms with Gasteiger partial charge in [-0.3, -0.25) is 4.79 Å². The van der Waals surface area contributed by atoms with Gasteiger partial charge in [-0.1, -0.05) is 15.9 Å². The Morgan fingerprint density at radius 3 is 2.77 bits per heavy atom. The van der Waals surface area contributed by atoms with Crippen molar-refractivity contribution in [2.45, 2.75) is 11.5 Å². The zero-order valence-corrected chi connectivity index (χ0v) is 15.9. The molecule has 1 N–H and O–H groups in total. The Bertz CT molecular complexity index is 901. The lowest BCUT2D eigenvalue weighted by molar-refractivity contribution is -0.113. The molecule has 0 aromatic heterocycles. The number of esters is 1. The van der Waals surface area contributed by atoms with E-state index in [1.54, 1.807) is 18.2 Å². The standard InChI is InChI=1S/C18H14BrNO5S/c19-12-7-15-14(23-3-4-24-15)6-11(12)8-25-18(22)10-1-2-16-13(5-10)20-17(21)9-26-16/h1-2,5-7H,3-4,8-9H2,(H,20,21).